The Labute approximate surface area is 140 Å². The second kappa shape index (κ2) is 9.02. The maximum Gasteiger partial charge on any atom is 0.328 e. The molecule has 0 aliphatic carbocycles. The molecule has 1 heterocycles. The molecular weight excluding hydrogens is 318 g/mol. The highest BCUT2D eigenvalue weighted by atomic mass is 16.5. The van der Waals surface area contributed by atoms with Gasteiger partial charge in [-0.05, 0) is 12.8 Å². The molecule has 2 N–H and O–H groups in total. The summed E-state index contributed by atoms with van der Waals surface area (Å²) in [6.45, 7) is 5.11. The van der Waals surface area contributed by atoms with E-state index in [1.165, 1.54) is 20.3 Å². The molecule has 24 heavy (non-hydrogen) atoms. The summed E-state index contributed by atoms with van der Waals surface area (Å²) in [6.07, 6.45) is 0. The summed E-state index contributed by atoms with van der Waals surface area (Å²) in [7, 11) is 2.64. The van der Waals surface area contributed by atoms with E-state index in [9.17, 15) is 14.4 Å². The summed E-state index contributed by atoms with van der Waals surface area (Å²) >= 11 is 0. The van der Waals surface area contributed by atoms with Gasteiger partial charge >= 0.3 is 5.97 Å². The average Bonchev–Trinajstić information content (AvgIpc) is 2.97. The molecular formula is C15H23N3O6. The van der Waals surface area contributed by atoms with Gasteiger partial charge in [-0.3, -0.25) is 9.59 Å². The molecule has 1 aromatic heterocycles. The van der Waals surface area contributed by atoms with E-state index in [2.05, 4.69) is 20.5 Å². The lowest BCUT2D eigenvalue weighted by atomic mass is 10.0. The smallest absolute Gasteiger partial charge is 0.328 e. The van der Waals surface area contributed by atoms with Crippen LogP contribution in [0.4, 0.5) is 0 Å². The first-order chi connectivity index (χ1) is 11.3. The fraction of sp³-hybridized carbons (Fsp3) is 0.600. The van der Waals surface area contributed by atoms with Crippen LogP contribution in [0.3, 0.4) is 0 Å². The lowest BCUT2D eigenvalue weighted by Gasteiger charge is -2.23. The predicted octanol–water partition coefficient (Wildman–Crippen LogP) is 0.0416. The molecule has 1 rings (SSSR count). The van der Waals surface area contributed by atoms with Crippen LogP contribution >= 0.6 is 0 Å². The van der Waals surface area contributed by atoms with Crippen molar-refractivity contribution in [3.05, 3.63) is 17.5 Å². The van der Waals surface area contributed by atoms with Gasteiger partial charge in [0.15, 0.2) is 5.69 Å². The molecule has 0 unspecified atom stereocenters. The number of aryl methyl sites for hydroxylation is 1. The third-order valence-electron chi connectivity index (χ3n) is 3.24. The van der Waals surface area contributed by atoms with E-state index in [0.29, 0.717) is 5.76 Å². The molecule has 2 amide bonds. The quantitative estimate of drug-likeness (QED) is 0.641. The summed E-state index contributed by atoms with van der Waals surface area (Å²) in [6, 6.07) is -0.374. The van der Waals surface area contributed by atoms with E-state index >= 15 is 0 Å². The Balaban J connectivity index is 2.80. The van der Waals surface area contributed by atoms with Gasteiger partial charge < -0.3 is 24.6 Å². The first-order valence-electron chi connectivity index (χ1n) is 7.41. The lowest BCUT2D eigenvalue weighted by Crippen LogP contribution is -2.54. The Morgan fingerprint density at radius 2 is 1.92 bits per heavy atom. The van der Waals surface area contributed by atoms with E-state index in [4.69, 9.17) is 9.26 Å². The number of esters is 1. The minimum Gasteiger partial charge on any atom is -0.467 e. The number of ether oxygens (including phenoxy) is 2. The van der Waals surface area contributed by atoms with Crippen molar-refractivity contribution in [2.75, 3.05) is 20.8 Å². The van der Waals surface area contributed by atoms with Crippen molar-refractivity contribution in [2.24, 2.45) is 5.92 Å². The van der Waals surface area contributed by atoms with Gasteiger partial charge in [0.05, 0.1) is 13.7 Å². The van der Waals surface area contributed by atoms with Crippen molar-refractivity contribution in [3.63, 3.8) is 0 Å². The van der Waals surface area contributed by atoms with Crippen molar-refractivity contribution in [2.45, 2.75) is 32.9 Å². The molecule has 9 nitrogen and oxygen atoms in total. The van der Waals surface area contributed by atoms with E-state index in [1.54, 1.807) is 20.8 Å². The van der Waals surface area contributed by atoms with Gasteiger partial charge in [-0.25, -0.2) is 4.79 Å². The Morgan fingerprint density at radius 1 is 1.25 bits per heavy atom. The topological polar surface area (TPSA) is 120 Å². The molecule has 0 fully saturated rings. The predicted molar refractivity (Wildman–Crippen MR) is 83.2 cm³/mol. The van der Waals surface area contributed by atoms with E-state index in [1.807, 2.05) is 0 Å². The third kappa shape index (κ3) is 5.34. The second-order valence-electron chi connectivity index (χ2n) is 5.56. The number of hydrogen-bond donors (Lipinski definition) is 2. The molecule has 0 aliphatic rings. The van der Waals surface area contributed by atoms with E-state index < -0.39 is 29.9 Å². The molecule has 0 radical (unpaired) electrons. The van der Waals surface area contributed by atoms with Crippen molar-refractivity contribution in [1.82, 2.24) is 15.8 Å². The summed E-state index contributed by atoms with van der Waals surface area (Å²) in [5, 5.41) is 8.65. The lowest BCUT2D eigenvalue weighted by molar-refractivity contribution is -0.146. The van der Waals surface area contributed by atoms with Crippen molar-refractivity contribution in [1.29, 1.82) is 0 Å². The fourth-order valence-corrected chi connectivity index (χ4v) is 1.93. The number of aromatic nitrogens is 1. The van der Waals surface area contributed by atoms with Crippen LogP contribution in [-0.4, -0.2) is 55.9 Å². The van der Waals surface area contributed by atoms with Gasteiger partial charge in [-0.15, -0.1) is 0 Å². The van der Waals surface area contributed by atoms with Crippen LogP contribution in [0, 0.1) is 12.8 Å². The number of carbonyl (C=O) groups is 3. The van der Waals surface area contributed by atoms with Gasteiger partial charge in [0.25, 0.3) is 5.91 Å². The minimum atomic E-state index is -0.995. The number of amides is 2. The Hall–Kier alpha value is -2.42. The fourth-order valence-electron chi connectivity index (χ4n) is 1.93. The number of nitrogens with zero attached hydrogens (tertiary/aromatic N) is 1. The molecule has 9 heteroatoms. The Kier molecular flexibility index (Phi) is 7.37. The zero-order valence-electron chi connectivity index (χ0n) is 14.4. The van der Waals surface area contributed by atoms with Crippen LogP contribution in [-0.2, 0) is 19.1 Å². The SMILES string of the molecule is COC[C@H](NC(=O)c1cc(C)on1)C(=O)N[C@H](C(=O)OC)C(C)C. The summed E-state index contributed by atoms with van der Waals surface area (Å²) in [5.41, 5.74) is 0.0507. The molecule has 134 valence electrons. The molecule has 0 saturated carbocycles. The van der Waals surface area contributed by atoms with Crippen LogP contribution in [0.1, 0.15) is 30.1 Å². The molecule has 0 aromatic carbocycles. The zero-order chi connectivity index (χ0) is 18.3. The van der Waals surface area contributed by atoms with Gasteiger partial charge in [0, 0.05) is 13.2 Å². The highest BCUT2D eigenvalue weighted by Crippen LogP contribution is 2.05. The maximum atomic E-state index is 12.4. The number of methoxy groups -OCH3 is 2. The molecule has 0 saturated heterocycles. The normalized spacial score (nSPS) is 13.2. The highest BCUT2D eigenvalue weighted by molar-refractivity contribution is 5.96. The van der Waals surface area contributed by atoms with Crippen LogP contribution in [0.25, 0.3) is 0 Å². The van der Waals surface area contributed by atoms with Gasteiger partial charge in [-0.1, -0.05) is 19.0 Å². The average molecular weight is 341 g/mol. The van der Waals surface area contributed by atoms with Crippen molar-refractivity contribution < 1.29 is 28.4 Å². The third-order valence-corrected chi connectivity index (χ3v) is 3.24. The maximum absolute atomic E-state index is 12.4. The largest absolute Gasteiger partial charge is 0.467 e. The summed E-state index contributed by atoms with van der Waals surface area (Å²) in [5.74, 6) is -1.41. The van der Waals surface area contributed by atoms with Gasteiger partial charge in [0.2, 0.25) is 5.91 Å². The number of hydrogen-bond acceptors (Lipinski definition) is 7. The summed E-state index contributed by atoms with van der Waals surface area (Å²) < 4.78 is 14.5. The first-order valence-corrected chi connectivity index (χ1v) is 7.41. The molecule has 0 spiro atoms. The van der Waals surface area contributed by atoms with Crippen molar-refractivity contribution in [3.8, 4) is 0 Å². The number of rotatable bonds is 8. The monoisotopic (exact) mass is 341 g/mol. The number of carbonyl (C=O) groups excluding carboxylic acids is 3. The second-order valence-corrected chi connectivity index (χ2v) is 5.56. The van der Waals surface area contributed by atoms with Gasteiger partial charge in [0.1, 0.15) is 17.8 Å². The van der Waals surface area contributed by atoms with Crippen LogP contribution in [0.15, 0.2) is 10.6 Å². The Morgan fingerprint density at radius 3 is 2.38 bits per heavy atom. The first kappa shape index (κ1) is 19.6. The van der Waals surface area contributed by atoms with Gasteiger partial charge in [-0.2, -0.15) is 0 Å². The van der Waals surface area contributed by atoms with Crippen molar-refractivity contribution >= 4 is 17.8 Å². The minimum absolute atomic E-state index is 0.0507. The molecule has 1 aromatic rings. The van der Waals surface area contributed by atoms with E-state index in [0.717, 1.165) is 0 Å². The standard InChI is InChI=1S/C15H23N3O6/c1-8(2)12(15(21)23-5)17-14(20)11(7-22-4)16-13(19)10-6-9(3)24-18-10/h6,8,11-12H,7H2,1-5H3,(H,16,19)(H,17,20)/t11-,12-/m0/s1. The number of nitrogens with one attached hydrogen (secondary N) is 2. The molecule has 0 aliphatic heterocycles. The highest BCUT2D eigenvalue weighted by Gasteiger charge is 2.29. The van der Waals surface area contributed by atoms with Crippen LogP contribution in [0.2, 0.25) is 0 Å². The Bertz CT molecular complexity index is 584. The molecule has 0 bridgehead atoms. The van der Waals surface area contributed by atoms with Crippen LogP contribution in [0.5, 0.6) is 0 Å². The summed E-state index contributed by atoms with van der Waals surface area (Å²) in [4.78, 5) is 36.2. The molecule has 2 atom stereocenters. The zero-order valence-corrected chi connectivity index (χ0v) is 14.4. The van der Waals surface area contributed by atoms with E-state index in [-0.39, 0.29) is 18.2 Å². The van der Waals surface area contributed by atoms with Crippen LogP contribution < -0.4 is 10.6 Å².